The van der Waals surface area contributed by atoms with E-state index >= 15 is 0 Å². The van der Waals surface area contributed by atoms with Crippen molar-refractivity contribution in [2.75, 3.05) is 4.90 Å². The number of benzene rings is 8. The maximum absolute atomic E-state index is 9.70. The van der Waals surface area contributed by atoms with Crippen molar-refractivity contribution in [2.24, 2.45) is 0 Å². The van der Waals surface area contributed by atoms with E-state index in [9.17, 15) is 5.48 Å². The molecule has 242 valence electrons. The van der Waals surface area contributed by atoms with Crippen LogP contribution < -0.4 is 4.90 Å². The maximum atomic E-state index is 9.70. The number of nitrogens with zero attached hydrogens (tertiary/aromatic N) is 1. The predicted octanol–water partition coefficient (Wildman–Crippen LogP) is 14.3. The molecule has 0 aliphatic heterocycles. The molecule has 0 unspecified atom stereocenters. The highest BCUT2D eigenvalue weighted by molar-refractivity contribution is 7.27. The van der Waals surface area contributed by atoms with Gasteiger partial charge in [0.1, 0.15) is 0 Å². The summed E-state index contributed by atoms with van der Waals surface area (Å²) >= 11 is 1.65. The van der Waals surface area contributed by atoms with Crippen LogP contribution in [0.3, 0.4) is 0 Å². The maximum Gasteiger partial charge on any atom is 0.0645 e. The van der Waals surface area contributed by atoms with Gasteiger partial charge in [-0.1, -0.05) is 153 Å². The summed E-state index contributed by atoms with van der Waals surface area (Å²) in [5.74, 6) is 0. The van der Waals surface area contributed by atoms with E-state index < -0.39 is 0 Å². The molecule has 0 radical (unpaired) electrons. The van der Waals surface area contributed by atoms with Crippen LogP contribution in [0.15, 0.2) is 176 Å². The van der Waals surface area contributed by atoms with E-state index in [0.29, 0.717) is 11.1 Å². The predicted molar refractivity (Wildman–Crippen MR) is 220 cm³/mol. The molecule has 0 saturated heterocycles. The lowest BCUT2D eigenvalue weighted by Crippen LogP contribution is -2.16. The summed E-state index contributed by atoms with van der Waals surface area (Å²) in [6, 6.07) is 51.5. The normalized spacial score (nSPS) is 14.2. The molecule has 9 aromatic rings. The van der Waals surface area contributed by atoms with Crippen molar-refractivity contribution in [2.45, 2.75) is 19.3 Å². The van der Waals surface area contributed by atoms with Crippen molar-refractivity contribution in [3.05, 3.63) is 187 Å². The zero-order valence-electron chi connectivity index (χ0n) is 32.3. The summed E-state index contributed by atoms with van der Waals surface area (Å²) in [6.45, 7) is 4.48. The largest absolute Gasteiger partial charge is 0.310 e. The van der Waals surface area contributed by atoms with Gasteiger partial charge in [0, 0.05) is 42.6 Å². The topological polar surface area (TPSA) is 3.24 Å². The Balaban J connectivity index is 1.20. The second-order valence-electron chi connectivity index (χ2n) is 13.8. The molecule has 1 aromatic heterocycles. The highest BCUT2D eigenvalue weighted by atomic mass is 32.1. The summed E-state index contributed by atoms with van der Waals surface area (Å²) in [4.78, 5) is 1.92. The second-order valence-corrected chi connectivity index (χ2v) is 14.8. The van der Waals surface area contributed by atoms with Gasteiger partial charge in [0.2, 0.25) is 0 Å². The first-order chi connectivity index (χ1) is 26.7. The Kier molecular flexibility index (Phi) is 5.87. The average Bonchev–Trinajstić information content (AvgIpc) is 3.72. The standard InChI is InChI=1S/C49H35NS/c1-49(2)45-21-9-8-18-41(45)42-29-27-38(31-46(42)49)50(37-16-10-15-35(30-37)32-12-4-3-5-13-32)36-25-22-34(23-26-36)40-19-11-20-43-44-28-24-33-14-6-7-17-39(33)48(44)51-47(40)43/h3-31H,1-2H3/i22D,23D,25D,26D. The van der Waals surface area contributed by atoms with Crippen molar-refractivity contribution in [1.29, 1.82) is 0 Å². The molecule has 0 spiro atoms. The molecule has 8 aromatic carbocycles. The number of hydrogen-bond acceptors (Lipinski definition) is 2. The molecule has 1 aliphatic rings. The molecule has 1 nitrogen and oxygen atoms in total. The fourth-order valence-electron chi connectivity index (χ4n) is 7.97. The van der Waals surface area contributed by atoms with Crippen LogP contribution in [0.25, 0.3) is 64.3 Å². The van der Waals surface area contributed by atoms with Gasteiger partial charge in [-0.05, 0) is 91.6 Å². The van der Waals surface area contributed by atoms with Gasteiger partial charge in [-0.25, -0.2) is 0 Å². The van der Waals surface area contributed by atoms with E-state index in [1.165, 1.54) is 16.7 Å². The van der Waals surface area contributed by atoms with Gasteiger partial charge in [-0.2, -0.15) is 0 Å². The van der Waals surface area contributed by atoms with E-state index in [0.717, 1.165) is 59.0 Å². The third kappa shape index (κ3) is 4.75. The third-order valence-corrected chi connectivity index (χ3v) is 11.8. The van der Waals surface area contributed by atoms with Crippen LogP contribution in [0.1, 0.15) is 30.5 Å². The fraction of sp³-hybridized carbons (Fsp3) is 0.0612. The summed E-state index contributed by atoms with van der Waals surface area (Å²) in [7, 11) is 0. The minimum absolute atomic E-state index is 0.0658. The van der Waals surface area contributed by atoms with Crippen molar-refractivity contribution >= 4 is 59.3 Å². The molecule has 1 heterocycles. The third-order valence-electron chi connectivity index (χ3n) is 10.5. The van der Waals surface area contributed by atoms with Crippen LogP contribution in [0.5, 0.6) is 0 Å². The highest BCUT2D eigenvalue weighted by Crippen LogP contribution is 2.51. The van der Waals surface area contributed by atoms with Crippen molar-refractivity contribution < 1.29 is 5.48 Å². The Morgan fingerprint density at radius 2 is 1.12 bits per heavy atom. The Labute approximate surface area is 308 Å². The molecule has 0 N–H and O–H groups in total. The quantitative estimate of drug-likeness (QED) is 0.176. The Morgan fingerprint density at radius 1 is 0.451 bits per heavy atom. The Bertz CT molecular complexity index is 2990. The molecule has 0 bridgehead atoms. The minimum atomic E-state index is -0.271. The fourth-order valence-corrected chi connectivity index (χ4v) is 9.33. The number of thiophene rings is 1. The molecule has 0 fully saturated rings. The zero-order valence-corrected chi connectivity index (χ0v) is 29.1. The summed E-state index contributed by atoms with van der Waals surface area (Å²) in [5, 5.41) is 4.49. The highest BCUT2D eigenvalue weighted by Gasteiger charge is 2.35. The van der Waals surface area contributed by atoms with Gasteiger partial charge in [-0.3, -0.25) is 0 Å². The molecular weight excluding hydrogens is 635 g/mol. The first-order valence-corrected chi connectivity index (χ1v) is 18.2. The summed E-state index contributed by atoms with van der Waals surface area (Å²) in [5.41, 5.74) is 9.33. The number of anilines is 3. The zero-order chi connectivity index (χ0) is 37.6. The molecule has 0 atom stereocenters. The van der Waals surface area contributed by atoms with Crippen LogP contribution in [0, 0.1) is 0 Å². The van der Waals surface area contributed by atoms with E-state index in [4.69, 9.17) is 0 Å². The summed E-state index contributed by atoms with van der Waals surface area (Å²) < 4.78 is 40.7. The van der Waals surface area contributed by atoms with Gasteiger partial charge >= 0.3 is 0 Å². The van der Waals surface area contributed by atoms with Crippen molar-refractivity contribution in [3.63, 3.8) is 0 Å². The molecule has 0 saturated carbocycles. The lowest BCUT2D eigenvalue weighted by Gasteiger charge is -2.28. The van der Waals surface area contributed by atoms with Gasteiger partial charge in [-0.15, -0.1) is 11.3 Å². The number of hydrogen-bond donors (Lipinski definition) is 0. The van der Waals surface area contributed by atoms with E-state index in [2.05, 4.69) is 117 Å². The first kappa shape index (κ1) is 25.9. The first-order valence-electron chi connectivity index (χ1n) is 19.4. The van der Waals surface area contributed by atoms with Crippen LogP contribution in [-0.2, 0) is 5.41 Å². The number of fused-ring (bicyclic) bond motifs is 8. The van der Waals surface area contributed by atoms with E-state index in [-0.39, 0.29) is 35.3 Å². The van der Waals surface area contributed by atoms with Crippen molar-refractivity contribution in [3.8, 4) is 33.4 Å². The lowest BCUT2D eigenvalue weighted by atomic mass is 9.82. The molecule has 51 heavy (non-hydrogen) atoms. The lowest BCUT2D eigenvalue weighted by molar-refractivity contribution is 0.660. The second kappa shape index (κ2) is 11.6. The molecule has 2 heteroatoms. The van der Waals surface area contributed by atoms with Crippen LogP contribution in [0.2, 0.25) is 0 Å². The van der Waals surface area contributed by atoms with Gasteiger partial charge in [0.15, 0.2) is 0 Å². The molecular formula is C49H35NS. The van der Waals surface area contributed by atoms with Crippen molar-refractivity contribution in [1.82, 2.24) is 0 Å². The SMILES string of the molecule is [2H]c1c([2H])c(N(c2cccc(-c3ccccc3)c2)c2ccc3c(c2)C(C)(C)c2ccccc2-3)c([2H])c([2H])c1-c1cccc2c1sc1c3ccccc3ccc21. The molecule has 10 rings (SSSR count). The van der Waals surface area contributed by atoms with Gasteiger partial charge in [0.25, 0.3) is 0 Å². The van der Waals surface area contributed by atoms with Crippen LogP contribution in [-0.4, -0.2) is 0 Å². The van der Waals surface area contributed by atoms with Gasteiger partial charge in [0.05, 0.1) is 5.48 Å². The van der Waals surface area contributed by atoms with E-state index in [1.807, 2.05) is 53.4 Å². The van der Waals surface area contributed by atoms with Gasteiger partial charge < -0.3 is 4.90 Å². The average molecular weight is 674 g/mol. The molecule has 1 aliphatic carbocycles. The molecule has 0 amide bonds. The monoisotopic (exact) mass is 673 g/mol. The van der Waals surface area contributed by atoms with E-state index in [1.54, 1.807) is 11.3 Å². The smallest absolute Gasteiger partial charge is 0.0645 e. The van der Waals surface area contributed by atoms with Crippen LogP contribution >= 0.6 is 11.3 Å². The minimum Gasteiger partial charge on any atom is -0.310 e. The van der Waals surface area contributed by atoms with Crippen LogP contribution in [0.4, 0.5) is 17.1 Å². The summed E-state index contributed by atoms with van der Waals surface area (Å²) in [6.07, 6.45) is 0. The Morgan fingerprint density at radius 3 is 2.00 bits per heavy atom. The Hall–Kier alpha value is -5.96. The number of rotatable bonds is 5.